The fraction of sp³-hybridized carbons (Fsp3) is 0.833. The van der Waals surface area contributed by atoms with Crippen molar-refractivity contribution in [2.24, 2.45) is 0 Å². The predicted octanol–water partition coefficient (Wildman–Crippen LogP) is 5.33. The smallest absolute Gasteiger partial charge is 0.337 e. The van der Waals surface area contributed by atoms with E-state index in [4.69, 9.17) is 13.6 Å². The fourth-order valence-corrected chi connectivity index (χ4v) is 5.22. The van der Waals surface area contributed by atoms with Crippen molar-refractivity contribution in [2.45, 2.75) is 91.0 Å². The van der Waals surface area contributed by atoms with E-state index in [0.717, 1.165) is 18.5 Å². The zero-order valence-corrected chi connectivity index (χ0v) is 16.6. The van der Waals surface area contributed by atoms with Crippen LogP contribution < -0.4 is 0 Å². The highest BCUT2D eigenvalue weighted by molar-refractivity contribution is 6.66. The molecule has 0 aromatic heterocycles. The topological polar surface area (TPSA) is 44.8 Å². The number of hydrogen-bond acceptors (Lipinski definition) is 4. The summed E-state index contributed by atoms with van der Waals surface area (Å²) in [4.78, 5) is 11.2. The molecule has 0 rings (SSSR count). The lowest BCUT2D eigenvalue weighted by Crippen LogP contribution is -2.42. The second-order valence-corrected chi connectivity index (χ2v) is 9.41. The molecule has 0 saturated carbocycles. The van der Waals surface area contributed by atoms with Gasteiger partial charge in [0.25, 0.3) is 0 Å². The van der Waals surface area contributed by atoms with Crippen LogP contribution in [-0.2, 0) is 18.4 Å². The van der Waals surface area contributed by atoms with E-state index in [2.05, 4.69) is 20.0 Å². The predicted molar refractivity (Wildman–Crippen MR) is 97.5 cm³/mol. The molecule has 0 aliphatic heterocycles. The standard InChI is InChI=1S/C18H36O4Si/c1-6-9-10-11-12-13-14-15-16-23(5,20-8-3)22-17(4)21-18(19)7-2/h7,17H,2,6,8-16H2,1,3-5H3. The molecule has 0 N–H and O–H groups in total. The van der Waals surface area contributed by atoms with Crippen LogP contribution in [0.25, 0.3) is 0 Å². The maximum atomic E-state index is 11.2. The minimum absolute atomic E-state index is 0.461. The van der Waals surface area contributed by atoms with Crippen molar-refractivity contribution in [1.82, 2.24) is 0 Å². The molecule has 0 amide bonds. The Balaban J connectivity index is 4.02. The summed E-state index contributed by atoms with van der Waals surface area (Å²) < 4.78 is 16.9. The zero-order valence-electron chi connectivity index (χ0n) is 15.6. The van der Waals surface area contributed by atoms with Crippen molar-refractivity contribution in [3.8, 4) is 0 Å². The number of rotatable bonds is 15. The van der Waals surface area contributed by atoms with Crippen molar-refractivity contribution in [1.29, 1.82) is 0 Å². The number of unbranched alkanes of at least 4 members (excludes halogenated alkanes) is 7. The molecule has 0 heterocycles. The maximum absolute atomic E-state index is 11.2. The first kappa shape index (κ1) is 22.3. The van der Waals surface area contributed by atoms with Crippen LogP contribution in [0.4, 0.5) is 0 Å². The summed E-state index contributed by atoms with van der Waals surface area (Å²) in [7, 11) is -2.28. The Morgan fingerprint density at radius 3 is 2.17 bits per heavy atom. The largest absolute Gasteiger partial charge is 0.434 e. The van der Waals surface area contributed by atoms with Gasteiger partial charge >= 0.3 is 14.5 Å². The van der Waals surface area contributed by atoms with E-state index >= 15 is 0 Å². The molecule has 5 heteroatoms. The van der Waals surface area contributed by atoms with Gasteiger partial charge in [0.15, 0.2) is 6.29 Å². The molecule has 0 saturated heterocycles. The van der Waals surface area contributed by atoms with E-state index in [0.29, 0.717) is 6.61 Å². The van der Waals surface area contributed by atoms with Gasteiger partial charge in [0.05, 0.1) is 0 Å². The second-order valence-electron chi connectivity index (χ2n) is 6.12. The SMILES string of the molecule is C=CC(=O)OC(C)O[Si](C)(CCCCCCCCCC)OCC. The van der Waals surface area contributed by atoms with Crippen LogP contribution in [-0.4, -0.2) is 27.4 Å². The number of esters is 1. The third kappa shape index (κ3) is 12.4. The number of carbonyl (C=O) groups is 1. The van der Waals surface area contributed by atoms with E-state index in [-0.39, 0.29) is 0 Å². The number of carbonyl (C=O) groups excluding carboxylic acids is 1. The summed E-state index contributed by atoms with van der Waals surface area (Å²) in [6, 6.07) is 0.936. The lowest BCUT2D eigenvalue weighted by Gasteiger charge is -2.29. The highest BCUT2D eigenvalue weighted by Crippen LogP contribution is 2.21. The Morgan fingerprint density at radius 1 is 1.09 bits per heavy atom. The molecule has 0 radical (unpaired) electrons. The van der Waals surface area contributed by atoms with Gasteiger partial charge in [0, 0.05) is 12.7 Å². The van der Waals surface area contributed by atoms with Crippen molar-refractivity contribution in [2.75, 3.05) is 6.61 Å². The summed E-state index contributed by atoms with van der Waals surface area (Å²) in [5, 5.41) is 0. The monoisotopic (exact) mass is 344 g/mol. The first-order valence-electron chi connectivity index (χ1n) is 9.12. The Labute approximate surface area is 143 Å². The number of ether oxygens (including phenoxy) is 1. The minimum atomic E-state index is -2.28. The first-order valence-corrected chi connectivity index (χ1v) is 11.6. The Hall–Kier alpha value is -0.653. The quantitative estimate of drug-likeness (QED) is 0.132. The van der Waals surface area contributed by atoms with E-state index in [1.54, 1.807) is 6.92 Å². The van der Waals surface area contributed by atoms with Crippen molar-refractivity contribution < 1.29 is 18.4 Å². The Morgan fingerprint density at radius 2 is 1.65 bits per heavy atom. The normalized spacial score (nSPS) is 15.0. The maximum Gasteiger partial charge on any atom is 0.337 e. The van der Waals surface area contributed by atoms with E-state index in [1.165, 1.54) is 44.9 Å². The van der Waals surface area contributed by atoms with Gasteiger partial charge in [-0.25, -0.2) is 4.79 Å². The van der Waals surface area contributed by atoms with Gasteiger partial charge < -0.3 is 13.6 Å². The molecule has 2 atom stereocenters. The summed E-state index contributed by atoms with van der Waals surface area (Å²) in [6.07, 6.45) is 10.8. The molecule has 136 valence electrons. The van der Waals surface area contributed by atoms with Crippen LogP contribution in [0.3, 0.4) is 0 Å². The first-order chi connectivity index (χ1) is 11.0. The molecule has 4 nitrogen and oxygen atoms in total. The van der Waals surface area contributed by atoms with Crippen molar-refractivity contribution >= 4 is 14.5 Å². The average molecular weight is 345 g/mol. The van der Waals surface area contributed by atoms with Crippen LogP contribution in [0.5, 0.6) is 0 Å². The molecular weight excluding hydrogens is 308 g/mol. The van der Waals surface area contributed by atoms with Gasteiger partial charge in [0.1, 0.15) is 0 Å². The van der Waals surface area contributed by atoms with Crippen molar-refractivity contribution in [3.63, 3.8) is 0 Å². The van der Waals surface area contributed by atoms with Crippen LogP contribution in [0.2, 0.25) is 12.6 Å². The molecule has 23 heavy (non-hydrogen) atoms. The van der Waals surface area contributed by atoms with Gasteiger partial charge in [0.2, 0.25) is 0 Å². The lowest BCUT2D eigenvalue weighted by molar-refractivity contribution is -0.157. The third-order valence-electron chi connectivity index (χ3n) is 3.80. The Kier molecular flexibility index (Phi) is 13.4. The van der Waals surface area contributed by atoms with Crippen molar-refractivity contribution in [3.05, 3.63) is 12.7 Å². The van der Waals surface area contributed by atoms with Crippen LogP contribution in [0.1, 0.15) is 72.1 Å². The van der Waals surface area contributed by atoms with Gasteiger partial charge in [-0.1, -0.05) is 64.9 Å². The van der Waals surface area contributed by atoms with E-state index < -0.39 is 20.8 Å². The van der Waals surface area contributed by atoms with Crippen LogP contribution in [0.15, 0.2) is 12.7 Å². The van der Waals surface area contributed by atoms with E-state index in [1.807, 2.05) is 6.92 Å². The van der Waals surface area contributed by atoms with E-state index in [9.17, 15) is 4.79 Å². The molecule has 0 fully saturated rings. The van der Waals surface area contributed by atoms with Gasteiger partial charge in [-0.15, -0.1) is 0 Å². The minimum Gasteiger partial charge on any atom is -0.434 e. The van der Waals surface area contributed by atoms with Gasteiger partial charge in [-0.3, -0.25) is 0 Å². The lowest BCUT2D eigenvalue weighted by atomic mass is 10.1. The molecule has 0 aromatic carbocycles. The molecule has 0 spiro atoms. The average Bonchev–Trinajstić information content (AvgIpc) is 2.49. The summed E-state index contributed by atoms with van der Waals surface area (Å²) in [6.45, 7) is 12.0. The highest BCUT2D eigenvalue weighted by atomic mass is 28.4. The van der Waals surface area contributed by atoms with Gasteiger partial charge in [-0.05, 0) is 26.4 Å². The van der Waals surface area contributed by atoms with Gasteiger partial charge in [-0.2, -0.15) is 0 Å². The molecule has 0 aliphatic rings. The molecule has 0 aromatic rings. The fourth-order valence-electron chi connectivity index (χ4n) is 2.64. The number of hydrogen-bond donors (Lipinski definition) is 0. The molecule has 0 bridgehead atoms. The zero-order chi connectivity index (χ0) is 17.6. The summed E-state index contributed by atoms with van der Waals surface area (Å²) in [5.41, 5.74) is 0. The molecule has 2 unspecified atom stereocenters. The summed E-state index contributed by atoms with van der Waals surface area (Å²) >= 11 is 0. The molecule has 0 aliphatic carbocycles. The second kappa shape index (κ2) is 13.8. The van der Waals surface area contributed by atoms with Crippen LogP contribution >= 0.6 is 0 Å². The summed E-state index contributed by atoms with van der Waals surface area (Å²) in [5.74, 6) is -0.461. The van der Waals surface area contributed by atoms with Crippen LogP contribution in [0, 0.1) is 0 Å². The highest BCUT2D eigenvalue weighted by Gasteiger charge is 2.33. The molecular formula is C18H36O4Si. The Bertz CT molecular complexity index is 322. The third-order valence-corrected chi connectivity index (χ3v) is 6.79.